The minimum Gasteiger partial charge on any atom is -0.508 e. The van der Waals surface area contributed by atoms with E-state index in [0.717, 1.165) is 10.9 Å². The van der Waals surface area contributed by atoms with Crippen molar-refractivity contribution in [2.75, 3.05) is 7.11 Å². The van der Waals surface area contributed by atoms with Crippen LogP contribution in [0.25, 0.3) is 11.0 Å². The summed E-state index contributed by atoms with van der Waals surface area (Å²) in [5, 5.41) is 10.3. The minimum absolute atomic E-state index is 0.203. The summed E-state index contributed by atoms with van der Waals surface area (Å²) < 4.78 is 10.2. The highest BCUT2D eigenvalue weighted by Gasteiger charge is 2.05. The third-order valence-corrected chi connectivity index (χ3v) is 1.94. The van der Waals surface area contributed by atoms with Crippen molar-refractivity contribution in [3.8, 4) is 5.75 Å². The first-order valence-electron chi connectivity index (χ1n) is 3.99. The molecule has 0 atom stereocenters. The molecule has 0 saturated heterocycles. The number of ether oxygens (including phenoxy) is 1. The molecule has 0 bridgehead atoms. The summed E-state index contributed by atoms with van der Waals surface area (Å²) in [5.41, 5.74) is 1.62. The number of methoxy groups -OCH3 is 1. The fourth-order valence-electron chi connectivity index (χ4n) is 1.41. The van der Waals surface area contributed by atoms with Crippen LogP contribution in [0.1, 0.15) is 5.56 Å². The van der Waals surface area contributed by atoms with E-state index in [2.05, 4.69) is 0 Å². The molecule has 13 heavy (non-hydrogen) atoms. The molecule has 0 spiro atoms. The molecule has 0 aliphatic carbocycles. The van der Waals surface area contributed by atoms with Crippen molar-refractivity contribution >= 4 is 11.0 Å². The van der Waals surface area contributed by atoms with Gasteiger partial charge in [-0.2, -0.15) is 0 Å². The lowest BCUT2D eigenvalue weighted by Gasteiger charge is -2.01. The molecule has 0 aliphatic rings. The number of phenols is 1. The molecule has 0 saturated carbocycles. The van der Waals surface area contributed by atoms with Crippen LogP contribution >= 0.6 is 0 Å². The van der Waals surface area contributed by atoms with Crippen LogP contribution in [-0.4, -0.2) is 12.2 Å². The molecule has 0 aliphatic heterocycles. The van der Waals surface area contributed by atoms with Crippen molar-refractivity contribution in [3.05, 3.63) is 30.0 Å². The van der Waals surface area contributed by atoms with E-state index in [1.165, 1.54) is 0 Å². The Morgan fingerprint density at radius 1 is 1.46 bits per heavy atom. The third kappa shape index (κ3) is 1.38. The van der Waals surface area contributed by atoms with Gasteiger partial charge in [0.05, 0.1) is 12.9 Å². The monoisotopic (exact) mass is 178 g/mol. The van der Waals surface area contributed by atoms with Gasteiger partial charge in [0.1, 0.15) is 11.3 Å². The van der Waals surface area contributed by atoms with Gasteiger partial charge in [-0.1, -0.05) is 0 Å². The number of rotatable bonds is 2. The van der Waals surface area contributed by atoms with Crippen molar-refractivity contribution in [2.24, 2.45) is 0 Å². The molecular formula is C10H10O3. The standard InChI is InChI=1S/C10H10O3/c1-12-6-7-4-8(11)5-10-9(7)2-3-13-10/h2-5,11H,6H2,1H3. The number of hydrogen-bond donors (Lipinski definition) is 1. The first-order valence-corrected chi connectivity index (χ1v) is 3.99. The van der Waals surface area contributed by atoms with Gasteiger partial charge in [0.25, 0.3) is 0 Å². The molecule has 1 aromatic carbocycles. The van der Waals surface area contributed by atoms with E-state index < -0.39 is 0 Å². The van der Waals surface area contributed by atoms with Crippen molar-refractivity contribution in [1.82, 2.24) is 0 Å². The predicted octanol–water partition coefficient (Wildman–Crippen LogP) is 2.28. The third-order valence-electron chi connectivity index (χ3n) is 1.94. The van der Waals surface area contributed by atoms with E-state index in [0.29, 0.717) is 12.2 Å². The average molecular weight is 178 g/mol. The predicted molar refractivity (Wildman–Crippen MR) is 48.6 cm³/mol. The molecule has 0 unspecified atom stereocenters. The Kier molecular flexibility index (Phi) is 1.94. The van der Waals surface area contributed by atoms with Gasteiger partial charge in [-0.15, -0.1) is 0 Å². The molecule has 0 radical (unpaired) electrons. The van der Waals surface area contributed by atoms with Gasteiger partial charge < -0.3 is 14.3 Å². The highest BCUT2D eigenvalue weighted by Crippen LogP contribution is 2.25. The van der Waals surface area contributed by atoms with E-state index in [4.69, 9.17) is 9.15 Å². The van der Waals surface area contributed by atoms with Gasteiger partial charge in [-0.05, 0) is 17.7 Å². The highest BCUT2D eigenvalue weighted by molar-refractivity contribution is 5.82. The highest BCUT2D eigenvalue weighted by atomic mass is 16.5. The number of benzene rings is 1. The maximum absolute atomic E-state index is 9.34. The van der Waals surface area contributed by atoms with Gasteiger partial charge in [-0.25, -0.2) is 0 Å². The van der Waals surface area contributed by atoms with Crippen LogP contribution in [0, 0.1) is 0 Å². The van der Waals surface area contributed by atoms with E-state index in [9.17, 15) is 5.11 Å². The quantitative estimate of drug-likeness (QED) is 0.767. The zero-order chi connectivity index (χ0) is 9.26. The second-order valence-corrected chi connectivity index (χ2v) is 2.87. The Balaban J connectivity index is 2.63. The first-order chi connectivity index (χ1) is 6.31. The van der Waals surface area contributed by atoms with Gasteiger partial charge in [0.2, 0.25) is 0 Å². The molecule has 68 valence electrons. The lowest BCUT2D eigenvalue weighted by molar-refractivity contribution is 0.185. The summed E-state index contributed by atoms with van der Waals surface area (Å²) >= 11 is 0. The van der Waals surface area contributed by atoms with Crippen LogP contribution < -0.4 is 0 Å². The lowest BCUT2D eigenvalue weighted by Crippen LogP contribution is -1.87. The van der Waals surface area contributed by atoms with Crippen molar-refractivity contribution in [3.63, 3.8) is 0 Å². The molecule has 2 rings (SSSR count). The van der Waals surface area contributed by atoms with Crippen LogP contribution in [0.2, 0.25) is 0 Å². The van der Waals surface area contributed by atoms with Gasteiger partial charge >= 0.3 is 0 Å². The fraction of sp³-hybridized carbons (Fsp3) is 0.200. The zero-order valence-corrected chi connectivity index (χ0v) is 7.28. The number of fused-ring (bicyclic) bond motifs is 1. The van der Waals surface area contributed by atoms with Crippen molar-refractivity contribution in [1.29, 1.82) is 0 Å². The van der Waals surface area contributed by atoms with Crippen LogP contribution in [0.5, 0.6) is 5.75 Å². The average Bonchev–Trinajstić information content (AvgIpc) is 2.52. The summed E-state index contributed by atoms with van der Waals surface area (Å²) in [4.78, 5) is 0. The van der Waals surface area contributed by atoms with Gasteiger partial charge in [0.15, 0.2) is 0 Å². The van der Waals surface area contributed by atoms with Crippen LogP contribution in [-0.2, 0) is 11.3 Å². The molecule has 3 nitrogen and oxygen atoms in total. The largest absolute Gasteiger partial charge is 0.508 e. The number of aromatic hydroxyl groups is 1. The smallest absolute Gasteiger partial charge is 0.137 e. The molecule has 1 N–H and O–H groups in total. The zero-order valence-electron chi connectivity index (χ0n) is 7.28. The van der Waals surface area contributed by atoms with Crippen molar-refractivity contribution < 1.29 is 14.3 Å². The summed E-state index contributed by atoms with van der Waals surface area (Å²) in [6.07, 6.45) is 1.60. The van der Waals surface area contributed by atoms with E-state index >= 15 is 0 Å². The Hall–Kier alpha value is -1.48. The summed E-state index contributed by atoms with van der Waals surface area (Å²) in [7, 11) is 1.62. The second-order valence-electron chi connectivity index (χ2n) is 2.87. The van der Waals surface area contributed by atoms with E-state index in [1.807, 2.05) is 6.07 Å². The SMILES string of the molecule is COCc1cc(O)cc2occc12. The number of furan rings is 1. The summed E-state index contributed by atoms with van der Waals surface area (Å²) in [6.45, 7) is 0.477. The molecule has 2 aromatic rings. The molecule has 0 amide bonds. The normalized spacial score (nSPS) is 10.8. The molecule has 1 heterocycles. The number of phenolic OH excluding ortho intramolecular Hbond substituents is 1. The minimum atomic E-state index is 0.203. The Morgan fingerprint density at radius 3 is 3.08 bits per heavy atom. The molecule has 3 heteroatoms. The topological polar surface area (TPSA) is 42.6 Å². The molecule has 0 fully saturated rings. The fourth-order valence-corrected chi connectivity index (χ4v) is 1.41. The van der Waals surface area contributed by atoms with Crippen LogP contribution in [0.15, 0.2) is 28.9 Å². The second kappa shape index (κ2) is 3.11. The Morgan fingerprint density at radius 2 is 2.31 bits per heavy atom. The molecule has 1 aromatic heterocycles. The van der Waals surface area contributed by atoms with E-state index in [-0.39, 0.29) is 5.75 Å². The lowest BCUT2D eigenvalue weighted by atomic mass is 10.1. The van der Waals surface area contributed by atoms with Gasteiger partial charge in [-0.3, -0.25) is 0 Å². The summed E-state index contributed by atoms with van der Waals surface area (Å²) in [5.74, 6) is 0.203. The van der Waals surface area contributed by atoms with Crippen LogP contribution in [0.4, 0.5) is 0 Å². The van der Waals surface area contributed by atoms with E-state index in [1.54, 1.807) is 25.5 Å². The van der Waals surface area contributed by atoms with Crippen molar-refractivity contribution in [2.45, 2.75) is 6.61 Å². The first kappa shape index (κ1) is 8.13. The summed E-state index contributed by atoms with van der Waals surface area (Å²) in [6, 6.07) is 5.14. The van der Waals surface area contributed by atoms with Gasteiger partial charge in [0, 0.05) is 18.6 Å². The maximum Gasteiger partial charge on any atom is 0.137 e. The van der Waals surface area contributed by atoms with Crippen LogP contribution in [0.3, 0.4) is 0 Å². The Bertz CT molecular complexity index is 417. The maximum atomic E-state index is 9.34. The Labute approximate surface area is 75.5 Å². The number of hydrogen-bond acceptors (Lipinski definition) is 3. The molecular weight excluding hydrogens is 168 g/mol.